The molecule has 1 fully saturated rings. The molecule has 1 N–H and O–H groups in total. The minimum Gasteiger partial charge on any atom is -0.378 e. The zero-order valence-corrected chi connectivity index (χ0v) is 18.8. The first-order valence-corrected chi connectivity index (χ1v) is 12.1. The van der Waals surface area contributed by atoms with Crippen molar-refractivity contribution in [2.24, 2.45) is 0 Å². The highest BCUT2D eigenvalue weighted by atomic mass is 35.5. The van der Waals surface area contributed by atoms with Gasteiger partial charge in [0.05, 0.1) is 35.4 Å². The molecule has 0 bridgehead atoms. The summed E-state index contributed by atoms with van der Waals surface area (Å²) in [6.07, 6.45) is 2.45. The van der Waals surface area contributed by atoms with Crippen molar-refractivity contribution >= 4 is 33.5 Å². The van der Waals surface area contributed by atoms with E-state index in [1.807, 2.05) is 6.20 Å². The molecule has 0 saturated carbocycles. The van der Waals surface area contributed by atoms with Crippen LogP contribution < -0.4 is 9.62 Å². The second-order valence-electron chi connectivity index (χ2n) is 7.53. The summed E-state index contributed by atoms with van der Waals surface area (Å²) in [5.41, 5.74) is 1.82. The third-order valence-electron chi connectivity index (χ3n) is 5.41. The van der Waals surface area contributed by atoms with Crippen molar-refractivity contribution in [3.05, 3.63) is 46.5 Å². The Labute approximate surface area is 190 Å². The van der Waals surface area contributed by atoms with Crippen LogP contribution in [0.2, 0.25) is 5.02 Å². The Morgan fingerprint density at radius 1 is 1.25 bits per heavy atom. The van der Waals surface area contributed by atoms with Crippen molar-refractivity contribution in [2.75, 3.05) is 44.3 Å². The van der Waals surface area contributed by atoms with E-state index in [0.717, 1.165) is 42.5 Å². The Kier molecular flexibility index (Phi) is 6.89. The molecule has 1 aromatic carbocycles. The number of benzene rings is 1. The quantitative estimate of drug-likeness (QED) is 0.661. The number of hydrogen-bond donors (Lipinski definition) is 1. The third-order valence-corrected chi connectivity index (χ3v) is 7.16. The van der Waals surface area contributed by atoms with Gasteiger partial charge in [0.2, 0.25) is 21.9 Å². The van der Waals surface area contributed by atoms with Crippen LogP contribution in [0.4, 0.5) is 10.3 Å². The summed E-state index contributed by atoms with van der Waals surface area (Å²) in [6.45, 7) is 3.50. The van der Waals surface area contributed by atoms with Gasteiger partial charge in [-0.3, -0.25) is 4.79 Å². The normalized spacial score (nSPS) is 16.7. The number of rotatable bonds is 6. The molecule has 12 heteroatoms. The van der Waals surface area contributed by atoms with Crippen molar-refractivity contribution in [3.63, 3.8) is 0 Å². The number of carbonyl (C=O) groups excluding carboxylic acids is 1. The van der Waals surface area contributed by atoms with E-state index in [-0.39, 0.29) is 28.8 Å². The highest BCUT2D eigenvalue weighted by Gasteiger charge is 2.24. The molecule has 0 radical (unpaired) electrons. The number of ether oxygens (including phenoxy) is 1. The van der Waals surface area contributed by atoms with E-state index in [1.54, 1.807) is 4.90 Å². The second kappa shape index (κ2) is 9.65. The van der Waals surface area contributed by atoms with Gasteiger partial charge in [-0.15, -0.1) is 0 Å². The van der Waals surface area contributed by atoms with Gasteiger partial charge in [0, 0.05) is 38.8 Å². The largest absolute Gasteiger partial charge is 0.378 e. The van der Waals surface area contributed by atoms with E-state index in [0.29, 0.717) is 38.7 Å². The van der Waals surface area contributed by atoms with Gasteiger partial charge >= 0.3 is 0 Å². The van der Waals surface area contributed by atoms with E-state index >= 15 is 0 Å². The minimum atomic E-state index is -3.90. The van der Waals surface area contributed by atoms with Crippen LogP contribution in [0.3, 0.4) is 0 Å². The smallest absolute Gasteiger partial charge is 0.240 e. The molecule has 0 unspecified atom stereocenters. The van der Waals surface area contributed by atoms with Crippen molar-refractivity contribution in [1.82, 2.24) is 19.6 Å². The number of sulfonamides is 1. The number of nitrogens with one attached hydrogen (secondary N) is 1. The van der Waals surface area contributed by atoms with Gasteiger partial charge < -0.3 is 14.5 Å². The number of carbonyl (C=O) groups is 1. The number of anilines is 1. The molecule has 9 nitrogen and oxygen atoms in total. The van der Waals surface area contributed by atoms with Gasteiger partial charge in [0.15, 0.2) is 0 Å². The molecule has 2 aromatic rings. The standard InChI is InChI=1S/C20H23ClFN5O4S/c21-16-11-15(1-2-17(16)22)32(29,30)24-5-3-19(28)27-6-4-14-12-23-20(25-18(14)13-27)26-7-9-31-10-8-26/h1-2,11-12,24H,3-10,13H2. The second-order valence-corrected chi connectivity index (χ2v) is 9.70. The molecule has 4 rings (SSSR count). The summed E-state index contributed by atoms with van der Waals surface area (Å²) in [5, 5.41) is -0.283. The lowest BCUT2D eigenvalue weighted by atomic mass is 10.1. The summed E-state index contributed by atoms with van der Waals surface area (Å²) in [7, 11) is -3.90. The van der Waals surface area contributed by atoms with Gasteiger partial charge in [-0.05, 0) is 30.2 Å². The van der Waals surface area contributed by atoms with E-state index in [1.165, 1.54) is 0 Å². The fourth-order valence-electron chi connectivity index (χ4n) is 3.60. The average Bonchev–Trinajstić information content (AvgIpc) is 2.80. The molecule has 3 heterocycles. The Hall–Kier alpha value is -2.34. The maximum atomic E-state index is 13.3. The Morgan fingerprint density at radius 3 is 2.78 bits per heavy atom. The summed E-state index contributed by atoms with van der Waals surface area (Å²) < 4.78 is 45.7. The fourth-order valence-corrected chi connectivity index (χ4v) is 4.90. The van der Waals surface area contributed by atoms with Gasteiger partial charge in [-0.25, -0.2) is 27.5 Å². The Morgan fingerprint density at radius 2 is 2.03 bits per heavy atom. The lowest BCUT2D eigenvalue weighted by molar-refractivity contribution is -0.132. The number of fused-ring (bicyclic) bond motifs is 1. The average molecular weight is 484 g/mol. The lowest BCUT2D eigenvalue weighted by Gasteiger charge is -2.30. The third kappa shape index (κ3) is 5.17. The number of nitrogens with zero attached hydrogens (tertiary/aromatic N) is 4. The van der Waals surface area contributed by atoms with Crippen LogP contribution in [0, 0.1) is 5.82 Å². The lowest BCUT2D eigenvalue weighted by Crippen LogP contribution is -2.40. The minimum absolute atomic E-state index is 0.00903. The summed E-state index contributed by atoms with van der Waals surface area (Å²) in [4.78, 5) is 25.3. The molecule has 0 atom stereocenters. The van der Waals surface area contributed by atoms with E-state index in [2.05, 4.69) is 19.6 Å². The molecular formula is C20H23ClFN5O4S. The van der Waals surface area contributed by atoms with Crippen LogP contribution in [0.5, 0.6) is 0 Å². The summed E-state index contributed by atoms with van der Waals surface area (Å²) >= 11 is 5.66. The molecule has 2 aliphatic rings. The number of hydrogen-bond acceptors (Lipinski definition) is 7. The van der Waals surface area contributed by atoms with Gasteiger partial charge in [0.1, 0.15) is 5.82 Å². The maximum absolute atomic E-state index is 13.3. The van der Waals surface area contributed by atoms with Crippen molar-refractivity contribution in [3.8, 4) is 0 Å². The molecule has 1 aromatic heterocycles. The van der Waals surface area contributed by atoms with E-state index in [9.17, 15) is 17.6 Å². The zero-order chi connectivity index (χ0) is 22.7. The summed E-state index contributed by atoms with van der Waals surface area (Å²) in [6, 6.07) is 3.15. The number of amides is 1. The van der Waals surface area contributed by atoms with Gasteiger partial charge in [0.25, 0.3) is 0 Å². The molecule has 1 saturated heterocycles. The first-order valence-electron chi connectivity index (χ1n) is 10.2. The topological polar surface area (TPSA) is 105 Å². The van der Waals surface area contributed by atoms with Crippen molar-refractivity contribution < 1.29 is 22.3 Å². The van der Waals surface area contributed by atoms with Crippen LogP contribution in [0.1, 0.15) is 17.7 Å². The number of morpholine rings is 1. The van der Waals surface area contributed by atoms with E-state index in [4.69, 9.17) is 16.3 Å². The molecule has 172 valence electrons. The maximum Gasteiger partial charge on any atom is 0.240 e. The van der Waals surface area contributed by atoms with Crippen LogP contribution in [-0.4, -0.2) is 68.6 Å². The molecule has 32 heavy (non-hydrogen) atoms. The SMILES string of the molecule is O=C(CCNS(=O)(=O)c1ccc(F)c(Cl)c1)N1CCc2cnc(N3CCOCC3)nc2C1. The highest BCUT2D eigenvalue weighted by Crippen LogP contribution is 2.21. The Bertz CT molecular complexity index is 1110. The predicted octanol–water partition coefficient (Wildman–Crippen LogP) is 1.36. The zero-order valence-electron chi connectivity index (χ0n) is 17.3. The van der Waals surface area contributed by atoms with Crippen molar-refractivity contribution in [2.45, 2.75) is 24.3 Å². The Balaban J connectivity index is 1.34. The molecule has 1 amide bonds. The summed E-state index contributed by atoms with van der Waals surface area (Å²) in [5.74, 6) is -0.249. The van der Waals surface area contributed by atoms with Gasteiger partial charge in [-0.1, -0.05) is 11.6 Å². The highest BCUT2D eigenvalue weighted by molar-refractivity contribution is 7.89. The van der Waals surface area contributed by atoms with Crippen LogP contribution >= 0.6 is 11.6 Å². The van der Waals surface area contributed by atoms with Crippen LogP contribution in [-0.2, 0) is 32.5 Å². The van der Waals surface area contributed by atoms with Crippen molar-refractivity contribution in [1.29, 1.82) is 0 Å². The number of halogens is 2. The first kappa shape index (κ1) is 22.8. The van der Waals surface area contributed by atoms with Crippen LogP contribution in [0.25, 0.3) is 0 Å². The molecule has 0 spiro atoms. The molecule has 2 aliphatic heterocycles. The van der Waals surface area contributed by atoms with Crippen LogP contribution in [0.15, 0.2) is 29.3 Å². The van der Waals surface area contributed by atoms with E-state index < -0.39 is 15.8 Å². The monoisotopic (exact) mass is 483 g/mol. The fraction of sp³-hybridized carbons (Fsp3) is 0.450. The molecule has 0 aliphatic carbocycles. The number of aromatic nitrogens is 2. The van der Waals surface area contributed by atoms with Gasteiger partial charge in [-0.2, -0.15) is 0 Å². The molecular weight excluding hydrogens is 461 g/mol. The first-order chi connectivity index (χ1) is 15.3. The predicted molar refractivity (Wildman–Crippen MR) is 115 cm³/mol.